The van der Waals surface area contributed by atoms with Crippen LogP contribution in [0.25, 0.3) is 0 Å². The number of carbonyl (C=O) groups is 2. The molecule has 2 amide bonds. The zero-order valence-electron chi connectivity index (χ0n) is 15.9. The summed E-state index contributed by atoms with van der Waals surface area (Å²) in [5.41, 5.74) is 3.49. The molecule has 142 valence electrons. The van der Waals surface area contributed by atoms with Gasteiger partial charge in [0, 0.05) is 26.2 Å². The molecule has 0 unspecified atom stereocenters. The Hall–Kier alpha value is -2.69. The highest BCUT2D eigenvalue weighted by Gasteiger charge is 2.24. The molecule has 1 fully saturated rings. The number of nitrogens with zero attached hydrogens (tertiary/aromatic N) is 2. The Bertz CT molecular complexity index is 850. The molecular weight excluding hydrogens is 343 g/mol. The van der Waals surface area contributed by atoms with Gasteiger partial charge in [0.25, 0.3) is 5.91 Å². The quantitative estimate of drug-likeness (QED) is 0.834. The summed E-state index contributed by atoms with van der Waals surface area (Å²) in [5.74, 6) is -0.746. The van der Waals surface area contributed by atoms with Crippen molar-refractivity contribution in [3.05, 3.63) is 70.5 Å². The number of hydrogen-bond acceptors (Lipinski definition) is 2. The first-order valence-corrected chi connectivity index (χ1v) is 9.33. The molecule has 3 rings (SSSR count). The number of hydrogen-bond donors (Lipinski definition) is 0. The van der Waals surface area contributed by atoms with Gasteiger partial charge in [0.05, 0.1) is 12.0 Å². The minimum Gasteiger partial charge on any atom is -0.341 e. The number of carbonyl (C=O) groups excluding carboxylic acids is 2. The summed E-state index contributed by atoms with van der Waals surface area (Å²) in [5, 5.41) is 0. The predicted octanol–water partition coefficient (Wildman–Crippen LogP) is 3.36. The molecule has 1 heterocycles. The summed E-state index contributed by atoms with van der Waals surface area (Å²) >= 11 is 0. The topological polar surface area (TPSA) is 40.6 Å². The molecule has 0 atom stereocenters. The lowest BCUT2D eigenvalue weighted by Gasteiger charge is -2.22. The van der Waals surface area contributed by atoms with Gasteiger partial charge in [-0.3, -0.25) is 9.59 Å². The van der Waals surface area contributed by atoms with E-state index in [4.69, 9.17) is 0 Å². The molecule has 0 spiro atoms. The van der Waals surface area contributed by atoms with Crippen LogP contribution in [0.3, 0.4) is 0 Å². The van der Waals surface area contributed by atoms with Crippen molar-refractivity contribution in [1.82, 2.24) is 9.80 Å². The van der Waals surface area contributed by atoms with Gasteiger partial charge in [-0.25, -0.2) is 4.39 Å². The third-order valence-electron chi connectivity index (χ3n) is 5.17. The Morgan fingerprint density at radius 2 is 1.63 bits per heavy atom. The van der Waals surface area contributed by atoms with Crippen LogP contribution in [0, 0.1) is 19.7 Å². The van der Waals surface area contributed by atoms with Gasteiger partial charge in [0.1, 0.15) is 5.82 Å². The lowest BCUT2D eigenvalue weighted by molar-refractivity contribution is -0.130. The summed E-state index contributed by atoms with van der Waals surface area (Å²) in [6, 6.07) is 12.1. The van der Waals surface area contributed by atoms with E-state index in [1.165, 1.54) is 23.3 Å². The zero-order valence-corrected chi connectivity index (χ0v) is 15.9. The molecular formula is C22H25FN2O2. The van der Waals surface area contributed by atoms with Crippen LogP contribution in [-0.2, 0) is 11.2 Å². The Balaban J connectivity index is 1.62. The van der Waals surface area contributed by atoms with E-state index < -0.39 is 5.82 Å². The predicted molar refractivity (Wildman–Crippen MR) is 103 cm³/mol. The highest BCUT2D eigenvalue weighted by molar-refractivity contribution is 5.94. The van der Waals surface area contributed by atoms with Crippen molar-refractivity contribution < 1.29 is 14.0 Å². The zero-order chi connectivity index (χ0) is 19.4. The molecule has 0 saturated carbocycles. The first-order valence-electron chi connectivity index (χ1n) is 9.33. The van der Waals surface area contributed by atoms with Gasteiger partial charge in [0.2, 0.25) is 5.91 Å². The summed E-state index contributed by atoms with van der Waals surface area (Å²) in [6.45, 7) is 6.14. The molecule has 2 aromatic rings. The van der Waals surface area contributed by atoms with Gasteiger partial charge in [-0.2, -0.15) is 0 Å². The highest BCUT2D eigenvalue weighted by atomic mass is 19.1. The van der Waals surface area contributed by atoms with Gasteiger partial charge < -0.3 is 9.80 Å². The maximum atomic E-state index is 13.9. The molecule has 5 heteroatoms. The Morgan fingerprint density at radius 1 is 0.926 bits per heavy atom. The van der Waals surface area contributed by atoms with Crippen molar-refractivity contribution >= 4 is 11.8 Å². The second-order valence-electron chi connectivity index (χ2n) is 7.10. The molecule has 2 aromatic carbocycles. The Labute approximate surface area is 159 Å². The molecule has 1 aliphatic rings. The fourth-order valence-corrected chi connectivity index (χ4v) is 3.37. The Morgan fingerprint density at radius 3 is 2.37 bits per heavy atom. The van der Waals surface area contributed by atoms with Gasteiger partial charge in [-0.1, -0.05) is 30.3 Å². The van der Waals surface area contributed by atoms with E-state index in [2.05, 4.69) is 13.0 Å². The second-order valence-corrected chi connectivity index (χ2v) is 7.10. The normalized spacial score (nSPS) is 14.8. The standard InChI is InChI=1S/C22H25FN2O2/c1-16-8-9-18(14-17(16)2)15-21(26)24-10-5-11-25(13-12-24)22(27)19-6-3-4-7-20(19)23/h3-4,6-9,14H,5,10-13,15H2,1-2H3. The Kier molecular flexibility index (Phi) is 5.89. The third kappa shape index (κ3) is 4.54. The van der Waals surface area contributed by atoms with Gasteiger partial charge in [0.15, 0.2) is 0 Å². The van der Waals surface area contributed by atoms with Crippen molar-refractivity contribution in [1.29, 1.82) is 0 Å². The van der Waals surface area contributed by atoms with Crippen LogP contribution in [0.5, 0.6) is 0 Å². The molecule has 1 aliphatic heterocycles. The van der Waals surface area contributed by atoms with Crippen LogP contribution < -0.4 is 0 Å². The number of amides is 2. The van der Waals surface area contributed by atoms with Crippen LogP contribution in [0.2, 0.25) is 0 Å². The van der Waals surface area contributed by atoms with E-state index >= 15 is 0 Å². The first kappa shape index (κ1) is 19.1. The molecule has 0 N–H and O–H groups in total. The molecule has 0 radical (unpaired) electrons. The minimum atomic E-state index is -0.505. The number of benzene rings is 2. The molecule has 0 bridgehead atoms. The van der Waals surface area contributed by atoms with Crippen molar-refractivity contribution in [3.8, 4) is 0 Å². The number of aryl methyl sites for hydroxylation is 2. The fourth-order valence-electron chi connectivity index (χ4n) is 3.37. The minimum absolute atomic E-state index is 0.0680. The van der Waals surface area contributed by atoms with E-state index in [1.807, 2.05) is 24.0 Å². The van der Waals surface area contributed by atoms with E-state index in [-0.39, 0.29) is 17.4 Å². The third-order valence-corrected chi connectivity index (χ3v) is 5.17. The molecule has 0 aliphatic carbocycles. The maximum absolute atomic E-state index is 13.9. The molecule has 0 aromatic heterocycles. The van der Waals surface area contributed by atoms with E-state index in [9.17, 15) is 14.0 Å². The summed E-state index contributed by atoms with van der Waals surface area (Å²) in [7, 11) is 0. The first-order chi connectivity index (χ1) is 13.0. The molecule has 27 heavy (non-hydrogen) atoms. The summed E-state index contributed by atoms with van der Waals surface area (Å²) in [6.07, 6.45) is 1.06. The fraction of sp³-hybridized carbons (Fsp3) is 0.364. The van der Waals surface area contributed by atoms with E-state index in [1.54, 1.807) is 17.0 Å². The number of halogens is 1. The smallest absolute Gasteiger partial charge is 0.256 e. The largest absolute Gasteiger partial charge is 0.341 e. The highest BCUT2D eigenvalue weighted by Crippen LogP contribution is 2.15. The van der Waals surface area contributed by atoms with Crippen LogP contribution in [0.1, 0.15) is 33.5 Å². The lowest BCUT2D eigenvalue weighted by Crippen LogP contribution is -2.38. The molecule has 1 saturated heterocycles. The van der Waals surface area contributed by atoms with Crippen molar-refractivity contribution in [2.75, 3.05) is 26.2 Å². The van der Waals surface area contributed by atoms with Crippen molar-refractivity contribution in [2.24, 2.45) is 0 Å². The van der Waals surface area contributed by atoms with Crippen LogP contribution in [-0.4, -0.2) is 47.8 Å². The van der Waals surface area contributed by atoms with Crippen LogP contribution in [0.4, 0.5) is 4.39 Å². The van der Waals surface area contributed by atoms with Gasteiger partial charge in [-0.05, 0) is 49.1 Å². The van der Waals surface area contributed by atoms with Crippen molar-refractivity contribution in [2.45, 2.75) is 26.7 Å². The van der Waals surface area contributed by atoms with Gasteiger partial charge >= 0.3 is 0 Å². The summed E-state index contributed by atoms with van der Waals surface area (Å²) in [4.78, 5) is 28.7. The van der Waals surface area contributed by atoms with Crippen molar-refractivity contribution in [3.63, 3.8) is 0 Å². The van der Waals surface area contributed by atoms with E-state index in [0.29, 0.717) is 39.0 Å². The average molecular weight is 368 g/mol. The maximum Gasteiger partial charge on any atom is 0.256 e. The molecule has 4 nitrogen and oxygen atoms in total. The summed E-state index contributed by atoms with van der Waals surface area (Å²) < 4.78 is 13.9. The second kappa shape index (κ2) is 8.33. The average Bonchev–Trinajstić information content (AvgIpc) is 2.91. The number of rotatable bonds is 3. The van der Waals surface area contributed by atoms with Gasteiger partial charge in [-0.15, -0.1) is 0 Å². The van der Waals surface area contributed by atoms with Crippen LogP contribution >= 0.6 is 0 Å². The van der Waals surface area contributed by atoms with E-state index in [0.717, 1.165) is 5.56 Å². The SMILES string of the molecule is Cc1ccc(CC(=O)N2CCCN(C(=O)c3ccccc3F)CC2)cc1C. The van der Waals surface area contributed by atoms with Crippen LogP contribution in [0.15, 0.2) is 42.5 Å². The monoisotopic (exact) mass is 368 g/mol. The lowest BCUT2D eigenvalue weighted by atomic mass is 10.0.